The van der Waals surface area contributed by atoms with Crippen LogP contribution in [0.1, 0.15) is 19.2 Å². The van der Waals surface area contributed by atoms with E-state index in [9.17, 15) is 10.1 Å². The normalized spacial score (nSPS) is 12.3. The number of hydrogen-bond donors (Lipinski definition) is 2. The van der Waals surface area contributed by atoms with Gasteiger partial charge >= 0.3 is 0 Å². The maximum absolute atomic E-state index is 10.9. The predicted molar refractivity (Wildman–Crippen MR) is 77.7 cm³/mol. The largest absolute Gasteiger partial charge is 0.342 e. The lowest BCUT2D eigenvalue weighted by molar-refractivity contribution is -0.384. The number of H-pyrrole nitrogens is 1. The van der Waals surface area contributed by atoms with Gasteiger partial charge in [0.15, 0.2) is 0 Å². The second-order valence-corrected chi connectivity index (χ2v) is 5.09. The molecule has 3 N–H and O–H groups in total. The number of imidazole rings is 1. The van der Waals surface area contributed by atoms with Gasteiger partial charge in [-0.3, -0.25) is 10.1 Å². The van der Waals surface area contributed by atoms with Crippen LogP contribution in [0.25, 0.3) is 11.3 Å². The van der Waals surface area contributed by atoms with Gasteiger partial charge in [0.05, 0.1) is 16.8 Å². The third-order valence-electron chi connectivity index (χ3n) is 2.92. The molecule has 106 valence electrons. The fourth-order valence-corrected chi connectivity index (χ4v) is 2.01. The van der Waals surface area contributed by atoms with Crippen LogP contribution < -0.4 is 5.73 Å². The molecule has 7 heteroatoms. The Balaban J connectivity index is 2.24. The summed E-state index contributed by atoms with van der Waals surface area (Å²) in [5.41, 5.74) is 6.99. The van der Waals surface area contributed by atoms with E-state index in [0.717, 1.165) is 24.4 Å². The number of halogens is 1. The van der Waals surface area contributed by atoms with Gasteiger partial charge in [0.1, 0.15) is 10.8 Å². The Morgan fingerprint density at radius 2 is 2.30 bits per heavy atom. The van der Waals surface area contributed by atoms with Crippen molar-refractivity contribution in [3.8, 4) is 11.3 Å². The summed E-state index contributed by atoms with van der Waals surface area (Å²) in [6.07, 6.45) is 3.23. The van der Waals surface area contributed by atoms with E-state index in [1.807, 2.05) is 6.92 Å². The van der Waals surface area contributed by atoms with Gasteiger partial charge in [-0.05, 0) is 19.4 Å². The molecule has 0 saturated carbocycles. The molecule has 0 fully saturated rings. The monoisotopic (exact) mass is 294 g/mol. The molecular weight excluding hydrogens is 280 g/mol. The van der Waals surface area contributed by atoms with Crippen molar-refractivity contribution >= 4 is 17.3 Å². The highest BCUT2D eigenvalue weighted by atomic mass is 35.5. The number of benzene rings is 1. The molecule has 1 atom stereocenters. The van der Waals surface area contributed by atoms with E-state index in [2.05, 4.69) is 9.97 Å². The van der Waals surface area contributed by atoms with Gasteiger partial charge in [0.2, 0.25) is 0 Å². The second-order valence-electron chi connectivity index (χ2n) is 4.68. The minimum atomic E-state index is -0.501. The highest BCUT2D eigenvalue weighted by Crippen LogP contribution is 2.29. The Morgan fingerprint density at radius 3 is 2.95 bits per heavy atom. The van der Waals surface area contributed by atoms with Crippen molar-refractivity contribution in [2.24, 2.45) is 5.73 Å². The fourth-order valence-electron chi connectivity index (χ4n) is 1.82. The van der Waals surface area contributed by atoms with Crippen molar-refractivity contribution in [2.45, 2.75) is 25.8 Å². The van der Waals surface area contributed by atoms with E-state index >= 15 is 0 Å². The zero-order valence-electron chi connectivity index (χ0n) is 11.0. The number of nitrogens with one attached hydrogen (secondary N) is 1. The highest BCUT2D eigenvalue weighted by molar-refractivity contribution is 6.32. The van der Waals surface area contributed by atoms with Crippen LogP contribution >= 0.6 is 11.6 Å². The quantitative estimate of drug-likeness (QED) is 0.654. The van der Waals surface area contributed by atoms with Gasteiger partial charge < -0.3 is 10.7 Å². The standard InChI is InChI=1S/C13H15ClN4O2/c1-8(15)2-5-13-16-7-11(17-13)9-3-4-10(14)12(6-9)18(19)20/h3-4,6-8H,2,5,15H2,1H3,(H,16,17). The number of rotatable bonds is 5. The highest BCUT2D eigenvalue weighted by Gasteiger charge is 2.14. The molecule has 1 heterocycles. The van der Waals surface area contributed by atoms with Gasteiger partial charge in [0.25, 0.3) is 5.69 Å². The molecule has 6 nitrogen and oxygen atoms in total. The molecule has 0 aliphatic carbocycles. The average Bonchev–Trinajstić information content (AvgIpc) is 2.85. The van der Waals surface area contributed by atoms with Crippen LogP contribution in [0.2, 0.25) is 5.02 Å². The number of aromatic nitrogens is 2. The van der Waals surface area contributed by atoms with Crippen molar-refractivity contribution in [3.05, 3.63) is 45.4 Å². The second kappa shape index (κ2) is 6.02. The van der Waals surface area contributed by atoms with Crippen LogP contribution in [0, 0.1) is 10.1 Å². The van der Waals surface area contributed by atoms with Crippen molar-refractivity contribution < 1.29 is 4.92 Å². The summed E-state index contributed by atoms with van der Waals surface area (Å²) >= 11 is 5.79. The predicted octanol–water partition coefficient (Wildman–Crippen LogP) is 2.92. The van der Waals surface area contributed by atoms with Crippen LogP contribution in [0.4, 0.5) is 5.69 Å². The van der Waals surface area contributed by atoms with Gasteiger partial charge in [-0.15, -0.1) is 0 Å². The Hall–Kier alpha value is -1.92. The van der Waals surface area contributed by atoms with Crippen LogP contribution in [0.5, 0.6) is 0 Å². The van der Waals surface area contributed by atoms with E-state index in [4.69, 9.17) is 17.3 Å². The Morgan fingerprint density at radius 1 is 1.55 bits per heavy atom. The summed E-state index contributed by atoms with van der Waals surface area (Å²) in [7, 11) is 0. The summed E-state index contributed by atoms with van der Waals surface area (Å²) in [4.78, 5) is 17.8. The van der Waals surface area contributed by atoms with E-state index < -0.39 is 4.92 Å². The number of nitrogens with zero attached hydrogens (tertiary/aromatic N) is 2. The molecule has 2 rings (SSSR count). The smallest absolute Gasteiger partial charge is 0.288 e. The SMILES string of the molecule is CC(N)CCc1ncc(-c2ccc(Cl)c([N+](=O)[O-])c2)[nH]1. The molecule has 2 aromatic rings. The molecule has 1 aromatic heterocycles. The van der Waals surface area contributed by atoms with E-state index in [1.54, 1.807) is 12.3 Å². The van der Waals surface area contributed by atoms with E-state index in [-0.39, 0.29) is 16.8 Å². The average molecular weight is 295 g/mol. The lowest BCUT2D eigenvalue weighted by Crippen LogP contribution is -2.15. The summed E-state index contributed by atoms with van der Waals surface area (Å²) < 4.78 is 0. The maximum atomic E-state index is 10.9. The van der Waals surface area contributed by atoms with E-state index in [1.165, 1.54) is 12.1 Å². The fraction of sp³-hybridized carbons (Fsp3) is 0.308. The van der Waals surface area contributed by atoms with Gasteiger partial charge in [-0.25, -0.2) is 4.98 Å². The van der Waals surface area contributed by atoms with E-state index in [0.29, 0.717) is 5.56 Å². The van der Waals surface area contributed by atoms with Gasteiger partial charge in [0, 0.05) is 24.1 Å². The number of aromatic amines is 1. The first kappa shape index (κ1) is 14.5. The molecule has 0 amide bonds. The first-order valence-corrected chi connectivity index (χ1v) is 6.59. The molecule has 0 saturated heterocycles. The molecule has 0 aliphatic heterocycles. The van der Waals surface area contributed by atoms with Crippen molar-refractivity contribution in [1.82, 2.24) is 9.97 Å². The minimum Gasteiger partial charge on any atom is -0.342 e. The summed E-state index contributed by atoms with van der Waals surface area (Å²) in [5, 5.41) is 11.0. The molecule has 0 spiro atoms. The Kier molecular flexibility index (Phi) is 4.36. The van der Waals surface area contributed by atoms with Gasteiger partial charge in [-0.2, -0.15) is 0 Å². The molecule has 0 bridgehead atoms. The van der Waals surface area contributed by atoms with Crippen molar-refractivity contribution in [2.75, 3.05) is 0 Å². The third-order valence-corrected chi connectivity index (χ3v) is 3.24. The van der Waals surface area contributed by atoms with Crippen LogP contribution in [0.15, 0.2) is 24.4 Å². The molecular formula is C13H15ClN4O2. The number of nitro groups is 1. The summed E-state index contributed by atoms with van der Waals surface area (Å²) in [5.74, 6) is 0.815. The first-order valence-electron chi connectivity index (χ1n) is 6.21. The molecule has 1 aromatic carbocycles. The summed E-state index contributed by atoms with van der Waals surface area (Å²) in [6, 6.07) is 4.78. The van der Waals surface area contributed by atoms with Crippen molar-refractivity contribution in [3.63, 3.8) is 0 Å². The lowest BCUT2D eigenvalue weighted by Gasteiger charge is -2.02. The molecule has 0 radical (unpaired) electrons. The molecule has 20 heavy (non-hydrogen) atoms. The number of nitrogens with two attached hydrogens (primary N) is 1. The zero-order chi connectivity index (χ0) is 14.7. The zero-order valence-corrected chi connectivity index (χ0v) is 11.7. The molecule has 0 aliphatic rings. The van der Waals surface area contributed by atoms with Gasteiger partial charge in [-0.1, -0.05) is 17.7 Å². The Labute approximate surface area is 121 Å². The third kappa shape index (κ3) is 3.34. The number of nitro benzene ring substituents is 1. The minimum absolute atomic E-state index is 0.111. The summed E-state index contributed by atoms with van der Waals surface area (Å²) in [6.45, 7) is 1.94. The van der Waals surface area contributed by atoms with Crippen LogP contribution in [0.3, 0.4) is 0 Å². The Bertz CT molecular complexity index is 625. The first-order chi connectivity index (χ1) is 9.47. The van der Waals surface area contributed by atoms with Crippen LogP contribution in [-0.2, 0) is 6.42 Å². The van der Waals surface area contributed by atoms with Crippen LogP contribution in [-0.4, -0.2) is 20.9 Å². The lowest BCUT2D eigenvalue weighted by atomic mass is 10.1. The maximum Gasteiger partial charge on any atom is 0.288 e. The molecule has 1 unspecified atom stereocenters. The number of hydrogen-bond acceptors (Lipinski definition) is 4. The van der Waals surface area contributed by atoms with Crippen molar-refractivity contribution in [1.29, 1.82) is 0 Å². The number of aryl methyl sites for hydroxylation is 1. The topological polar surface area (TPSA) is 97.8 Å².